The minimum Gasteiger partial charge on any atom is -0.389 e. The number of nitrogens with one attached hydrogen (secondary N) is 2. The van der Waals surface area contributed by atoms with Gasteiger partial charge in [-0.3, -0.25) is 9.89 Å². The molecule has 4 N–H and O–H groups in total. The number of rotatable bonds is 3. The van der Waals surface area contributed by atoms with E-state index in [2.05, 4.69) is 15.5 Å². The van der Waals surface area contributed by atoms with Crippen molar-refractivity contribution in [3.05, 3.63) is 46.2 Å². The normalized spacial score (nSPS) is 10.2. The Kier molecular flexibility index (Phi) is 3.82. The molecule has 2 rings (SSSR count). The van der Waals surface area contributed by atoms with E-state index >= 15 is 0 Å². The van der Waals surface area contributed by atoms with Crippen LogP contribution in [0.5, 0.6) is 0 Å². The fourth-order valence-corrected chi connectivity index (χ4v) is 1.95. The molecule has 0 bridgehead atoms. The van der Waals surface area contributed by atoms with Crippen molar-refractivity contribution < 1.29 is 4.79 Å². The maximum atomic E-state index is 12.1. The molecule has 1 heterocycles. The number of H-pyrrole nitrogens is 1. The minimum atomic E-state index is -0.300. The molecule has 1 amide bonds. The number of nitrogens with two attached hydrogens (primary N) is 1. The van der Waals surface area contributed by atoms with Crippen molar-refractivity contribution >= 4 is 40.4 Å². The van der Waals surface area contributed by atoms with Gasteiger partial charge in [0.1, 0.15) is 4.99 Å². The van der Waals surface area contributed by atoms with Crippen LogP contribution in [0.15, 0.2) is 24.4 Å². The zero-order valence-electron chi connectivity index (χ0n) is 10.0. The summed E-state index contributed by atoms with van der Waals surface area (Å²) < 4.78 is 0. The first kappa shape index (κ1) is 13.5. The number of aryl methyl sites for hydroxylation is 1. The molecule has 0 saturated heterocycles. The highest BCUT2D eigenvalue weighted by Gasteiger charge is 2.14. The van der Waals surface area contributed by atoms with Crippen molar-refractivity contribution in [2.24, 2.45) is 5.73 Å². The predicted molar refractivity (Wildman–Crippen MR) is 78.6 cm³/mol. The van der Waals surface area contributed by atoms with Crippen molar-refractivity contribution in [1.29, 1.82) is 0 Å². The van der Waals surface area contributed by atoms with Gasteiger partial charge >= 0.3 is 0 Å². The first-order valence-corrected chi connectivity index (χ1v) is 6.18. The Labute approximate surface area is 120 Å². The maximum Gasteiger partial charge on any atom is 0.259 e. The quantitative estimate of drug-likeness (QED) is 0.758. The van der Waals surface area contributed by atoms with Gasteiger partial charge in [-0.05, 0) is 25.1 Å². The number of amides is 1. The maximum absolute atomic E-state index is 12.1. The molecule has 0 atom stereocenters. The first-order chi connectivity index (χ1) is 8.99. The molecule has 5 nitrogen and oxygen atoms in total. The lowest BCUT2D eigenvalue weighted by atomic mass is 10.1. The second-order valence-electron chi connectivity index (χ2n) is 3.92. The molecule has 0 aliphatic rings. The van der Waals surface area contributed by atoms with Gasteiger partial charge in [0.05, 0.1) is 17.4 Å². The van der Waals surface area contributed by atoms with Crippen LogP contribution in [-0.2, 0) is 0 Å². The van der Waals surface area contributed by atoms with Crippen LogP contribution in [0, 0.1) is 6.92 Å². The number of benzene rings is 1. The van der Waals surface area contributed by atoms with Gasteiger partial charge in [0.15, 0.2) is 0 Å². The summed E-state index contributed by atoms with van der Waals surface area (Å²) in [6.45, 7) is 1.76. The van der Waals surface area contributed by atoms with Crippen molar-refractivity contribution in [1.82, 2.24) is 10.2 Å². The SMILES string of the molecule is Cc1[nH]ncc1C(=O)Nc1cc(Cl)ccc1C(N)=S. The van der Waals surface area contributed by atoms with Gasteiger partial charge in [0, 0.05) is 16.3 Å². The van der Waals surface area contributed by atoms with Gasteiger partial charge in [0.2, 0.25) is 0 Å². The Morgan fingerprint density at radius 2 is 2.21 bits per heavy atom. The molecule has 0 radical (unpaired) electrons. The van der Waals surface area contributed by atoms with Crippen LogP contribution >= 0.6 is 23.8 Å². The van der Waals surface area contributed by atoms with Gasteiger partial charge in [0.25, 0.3) is 5.91 Å². The van der Waals surface area contributed by atoms with Crippen molar-refractivity contribution in [2.45, 2.75) is 6.92 Å². The molecular formula is C12H11ClN4OS. The van der Waals surface area contributed by atoms with Gasteiger partial charge < -0.3 is 11.1 Å². The molecule has 7 heteroatoms. The molecule has 19 heavy (non-hydrogen) atoms. The number of halogens is 1. The molecule has 2 aromatic rings. The first-order valence-electron chi connectivity index (χ1n) is 5.39. The monoisotopic (exact) mass is 294 g/mol. The Bertz CT molecular complexity index is 653. The Morgan fingerprint density at radius 1 is 1.47 bits per heavy atom. The summed E-state index contributed by atoms with van der Waals surface area (Å²) in [5.74, 6) is -0.300. The third kappa shape index (κ3) is 2.91. The Balaban J connectivity index is 2.33. The average molecular weight is 295 g/mol. The zero-order chi connectivity index (χ0) is 14.0. The van der Waals surface area contributed by atoms with E-state index in [9.17, 15) is 4.79 Å². The summed E-state index contributed by atoms with van der Waals surface area (Å²) in [6, 6.07) is 4.93. The van der Waals surface area contributed by atoms with Crippen LogP contribution in [0.2, 0.25) is 5.02 Å². The van der Waals surface area contributed by atoms with Crippen LogP contribution in [-0.4, -0.2) is 21.1 Å². The Hall–Kier alpha value is -1.92. The number of aromatic amines is 1. The topological polar surface area (TPSA) is 83.8 Å². The second-order valence-corrected chi connectivity index (χ2v) is 4.79. The van der Waals surface area contributed by atoms with Crippen molar-refractivity contribution in [3.8, 4) is 0 Å². The molecule has 0 fully saturated rings. The van der Waals surface area contributed by atoms with Gasteiger partial charge in [-0.25, -0.2) is 0 Å². The molecule has 0 saturated carbocycles. The highest BCUT2D eigenvalue weighted by Crippen LogP contribution is 2.22. The fraction of sp³-hybridized carbons (Fsp3) is 0.0833. The number of anilines is 1. The predicted octanol–water partition coefficient (Wildman–Crippen LogP) is 2.26. The summed E-state index contributed by atoms with van der Waals surface area (Å²) in [5.41, 5.74) is 7.78. The van der Waals surface area contributed by atoms with Gasteiger partial charge in [-0.2, -0.15) is 5.10 Å². The van der Waals surface area contributed by atoms with Crippen LogP contribution in [0.4, 0.5) is 5.69 Å². The average Bonchev–Trinajstić information content (AvgIpc) is 2.75. The molecule has 1 aromatic carbocycles. The van der Waals surface area contributed by atoms with E-state index in [1.54, 1.807) is 25.1 Å². The van der Waals surface area contributed by atoms with Crippen LogP contribution in [0.1, 0.15) is 21.6 Å². The van der Waals surface area contributed by atoms with Crippen molar-refractivity contribution in [3.63, 3.8) is 0 Å². The van der Waals surface area contributed by atoms with Crippen molar-refractivity contribution in [2.75, 3.05) is 5.32 Å². The zero-order valence-corrected chi connectivity index (χ0v) is 11.6. The van der Waals surface area contributed by atoms with E-state index in [-0.39, 0.29) is 10.9 Å². The number of hydrogen-bond donors (Lipinski definition) is 3. The Morgan fingerprint density at radius 3 is 2.79 bits per heavy atom. The standard InChI is InChI=1S/C12H11ClN4OS/c1-6-9(5-15-17-6)12(18)16-10-4-7(13)2-3-8(10)11(14)19/h2-5H,1H3,(H2,14,19)(H,15,17)(H,16,18). The third-order valence-electron chi connectivity index (χ3n) is 2.57. The lowest BCUT2D eigenvalue weighted by Crippen LogP contribution is -2.17. The number of aromatic nitrogens is 2. The highest BCUT2D eigenvalue weighted by atomic mass is 35.5. The van der Waals surface area contributed by atoms with E-state index in [4.69, 9.17) is 29.6 Å². The second kappa shape index (κ2) is 5.38. The lowest BCUT2D eigenvalue weighted by molar-refractivity contribution is 0.102. The van der Waals surface area contributed by atoms with Crippen LogP contribution in [0.3, 0.4) is 0 Å². The number of carbonyl (C=O) groups is 1. The highest BCUT2D eigenvalue weighted by molar-refractivity contribution is 7.80. The van der Waals surface area contributed by atoms with E-state index < -0.39 is 0 Å². The van der Waals surface area contributed by atoms with Crippen LogP contribution < -0.4 is 11.1 Å². The number of nitrogens with zero attached hydrogens (tertiary/aromatic N) is 1. The summed E-state index contributed by atoms with van der Waals surface area (Å²) in [7, 11) is 0. The summed E-state index contributed by atoms with van der Waals surface area (Å²) in [5, 5.41) is 9.70. The van der Waals surface area contributed by atoms with E-state index in [1.807, 2.05) is 0 Å². The summed E-state index contributed by atoms with van der Waals surface area (Å²) in [4.78, 5) is 12.3. The molecule has 0 aliphatic heterocycles. The smallest absolute Gasteiger partial charge is 0.259 e. The minimum absolute atomic E-state index is 0.191. The molecule has 0 unspecified atom stereocenters. The molecular weight excluding hydrogens is 284 g/mol. The fourth-order valence-electron chi connectivity index (χ4n) is 1.60. The van der Waals surface area contributed by atoms with Gasteiger partial charge in [-0.1, -0.05) is 23.8 Å². The third-order valence-corrected chi connectivity index (χ3v) is 3.02. The molecule has 98 valence electrons. The molecule has 0 aliphatic carbocycles. The van der Waals surface area contributed by atoms with E-state index in [1.165, 1.54) is 6.20 Å². The van der Waals surface area contributed by atoms with E-state index in [0.717, 1.165) is 0 Å². The molecule has 0 spiro atoms. The number of thiocarbonyl (C=S) groups is 1. The lowest BCUT2D eigenvalue weighted by Gasteiger charge is -2.10. The van der Waals surface area contributed by atoms with E-state index in [0.29, 0.717) is 27.5 Å². The summed E-state index contributed by atoms with van der Waals surface area (Å²) >= 11 is 10.8. The summed E-state index contributed by atoms with van der Waals surface area (Å²) in [6.07, 6.45) is 1.45. The largest absolute Gasteiger partial charge is 0.389 e. The number of hydrogen-bond acceptors (Lipinski definition) is 3. The molecule has 1 aromatic heterocycles. The van der Waals surface area contributed by atoms with Gasteiger partial charge in [-0.15, -0.1) is 0 Å². The number of carbonyl (C=O) groups excluding carboxylic acids is 1. The van der Waals surface area contributed by atoms with Crippen LogP contribution in [0.25, 0.3) is 0 Å².